The zero-order valence-electron chi connectivity index (χ0n) is 12.3. The molecule has 1 aliphatic heterocycles. The van der Waals surface area contributed by atoms with Gasteiger partial charge in [0, 0.05) is 19.7 Å². The Kier molecular flexibility index (Phi) is 5.29. The number of rotatable bonds is 6. The molecule has 0 unspecified atom stereocenters. The summed E-state index contributed by atoms with van der Waals surface area (Å²) in [6.07, 6.45) is 0. The highest BCUT2D eigenvalue weighted by molar-refractivity contribution is 9.10. The van der Waals surface area contributed by atoms with Crippen LogP contribution < -0.4 is 14.8 Å². The lowest BCUT2D eigenvalue weighted by Gasteiger charge is -2.25. The molecule has 0 saturated carbocycles. The maximum atomic E-state index is 5.67. The van der Waals surface area contributed by atoms with E-state index in [9.17, 15) is 0 Å². The topological polar surface area (TPSA) is 39.7 Å². The van der Waals surface area contributed by atoms with E-state index in [-0.39, 0.29) is 5.60 Å². The van der Waals surface area contributed by atoms with Gasteiger partial charge in [-0.15, -0.1) is 0 Å². The first-order valence-electron chi connectivity index (χ1n) is 6.94. The second-order valence-corrected chi connectivity index (χ2v) is 6.25. The van der Waals surface area contributed by atoms with Gasteiger partial charge in [-0.25, -0.2) is 0 Å². The van der Waals surface area contributed by atoms with Crippen LogP contribution in [0.25, 0.3) is 0 Å². The zero-order valence-corrected chi connectivity index (χ0v) is 13.9. The van der Waals surface area contributed by atoms with Crippen molar-refractivity contribution < 1.29 is 14.2 Å². The highest BCUT2D eigenvalue weighted by Crippen LogP contribution is 2.38. The van der Waals surface area contributed by atoms with Crippen molar-refractivity contribution in [3.63, 3.8) is 0 Å². The van der Waals surface area contributed by atoms with Crippen LogP contribution in [0.1, 0.15) is 26.3 Å². The Morgan fingerprint density at radius 1 is 1.30 bits per heavy atom. The maximum absolute atomic E-state index is 5.67. The molecule has 1 aromatic rings. The number of halogens is 1. The normalized spacial score (nSPS) is 14.4. The molecule has 0 bridgehead atoms. The van der Waals surface area contributed by atoms with Crippen LogP contribution in [0.3, 0.4) is 0 Å². The summed E-state index contributed by atoms with van der Waals surface area (Å²) in [6.45, 7) is 9.69. The maximum Gasteiger partial charge on any atom is 0.175 e. The van der Waals surface area contributed by atoms with Crippen molar-refractivity contribution >= 4 is 15.9 Å². The summed E-state index contributed by atoms with van der Waals surface area (Å²) in [5, 5.41) is 3.42. The molecule has 5 heteroatoms. The molecular weight excluding hydrogens is 322 g/mol. The van der Waals surface area contributed by atoms with Gasteiger partial charge in [0.25, 0.3) is 0 Å². The summed E-state index contributed by atoms with van der Waals surface area (Å²) in [7, 11) is 0. The van der Waals surface area contributed by atoms with E-state index in [0.29, 0.717) is 13.2 Å². The number of ether oxygens (including phenoxy) is 3. The van der Waals surface area contributed by atoms with Crippen molar-refractivity contribution in [1.82, 2.24) is 5.32 Å². The molecule has 0 radical (unpaired) electrons. The summed E-state index contributed by atoms with van der Waals surface area (Å²) < 4.78 is 17.8. The van der Waals surface area contributed by atoms with Gasteiger partial charge in [-0.2, -0.15) is 0 Å². The van der Waals surface area contributed by atoms with Crippen LogP contribution in [-0.2, 0) is 11.3 Å². The predicted molar refractivity (Wildman–Crippen MR) is 82.5 cm³/mol. The van der Waals surface area contributed by atoms with Crippen LogP contribution >= 0.6 is 15.9 Å². The van der Waals surface area contributed by atoms with Gasteiger partial charge in [-0.05, 0) is 54.4 Å². The van der Waals surface area contributed by atoms with Crippen LogP contribution in [0.4, 0.5) is 0 Å². The van der Waals surface area contributed by atoms with E-state index in [1.54, 1.807) is 0 Å². The molecule has 0 fully saturated rings. The Morgan fingerprint density at radius 2 is 2.05 bits per heavy atom. The minimum atomic E-state index is -0.153. The second kappa shape index (κ2) is 6.78. The molecule has 1 aromatic carbocycles. The van der Waals surface area contributed by atoms with Gasteiger partial charge in [0.1, 0.15) is 13.2 Å². The number of benzene rings is 1. The van der Waals surface area contributed by atoms with Crippen LogP contribution in [0.2, 0.25) is 0 Å². The fourth-order valence-electron chi connectivity index (χ4n) is 2.22. The van der Waals surface area contributed by atoms with E-state index in [4.69, 9.17) is 14.2 Å². The zero-order chi connectivity index (χ0) is 14.6. The van der Waals surface area contributed by atoms with Crippen molar-refractivity contribution in [2.24, 2.45) is 0 Å². The average Bonchev–Trinajstić information content (AvgIpc) is 2.38. The molecule has 0 atom stereocenters. The molecule has 4 nitrogen and oxygen atoms in total. The lowest BCUT2D eigenvalue weighted by atomic mass is 10.1. The minimum absolute atomic E-state index is 0.153. The Bertz CT molecular complexity index is 463. The standard InChI is InChI=1S/C15H22BrNO3/c1-4-20-15(2,3)10-17-9-11-7-12(16)14-13(8-11)18-5-6-19-14/h7-8,17H,4-6,9-10H2,1-3H3. The van der Waals surface area contributed by atoms with Crippen molar-refractivity contribution in [1.29, 1.82) is 0 Å². The molecule has 0 amide bonds. The van der Waals surface area contributed by atoms with Gasteiger partial charge in [0.15, 0.2) is 11.5 Å². The van der Waals surface area contributed by atoms with Gasteiger partial charge in [0.2, 0.25) is 0 Å². The molecule has 0 aliphatic carbocycles. The van der Waals surface area contributed by atoms with Crippen molar-refractivity contribution in [3.05, 3.63) is 22.2 Å². The third-order valence-electron chi connectivity index (χ3n) is 3.07. The molecular formula is C15H22BrNO3. The summed E-state index contributed by atoms with van der Waals surface area (Å²) >= 11 is 3.53. The van der Waals surface area contributed by atoms with E-state index < -0.39 is 0 Å². The first-order chi connectivity index (χ1) is 9.52. The first kappa shape index (κ1) is 15.6. The molecule has 0 aromatic heterocycles. The third kappa shape index (κ3) is 4.11. The number of hydrogen-bond donors (Lipinski definition) is 1. The number of fused-ring (bicyclic) bond motifs is 1. The third-order valence-corrected chi connectivity index (χ3v) is 3.66. The van der Waals surface area contributed by atoms with Crippen LogP contribution in [-0.4, -0.2) is 32.0 Å². The lowest BCUT2D eigenvalue weighted by molar-refractivity contribution is -0.00897. The Balaban J connectivity index is 1.95. The summed E-state index contributed by atoms with van der Waals surface area (Å²) in [5.41, 5.74) is 1.01. The highest BCUT2D eigenvalue weighted by atomic mass is 79.9. The number of hydrogen-bond acceptors (Lipinski definition) is 4. The summed E-state index contributed by atoms with van der Waals surface area (Å²) in [6, 6.07) is 4.09. The van der Waals surface area contributed by atoms with Crippen LogP contribution in [0, 0.1) is 0 Å². The first-order valence-corrected chi connectivity index (χ1v) is 7.74. The van der Waals surface area contributed by atoms with E-state index in [2.05, 4.69) is 41.2 Å². The monoisotopic (exact) mass is 343 g/mol. The Labute approximate surface area is 128 Å². The number of nitrogens with one attached hydrogen (secondary N) is 1. The van der Waals surface area contributed by atoms with E-state index in [0.717, 1.165) is 41.2 Å². The summed E-state index contributed by atoms with van der Waals surface area (Å²) in [4.78, 5) is 0. The lowest BCUT2D eigenvalue weighted by Crippen LogP contribution is -2.37. The van der Waals surface area contributed by atoms with Crippen molar-refractivity contribution in [2.75, 3.05) is 26.4 Å². The Morgan fingerprint density at radius 3 is 2.80 bits per heavy atom. The molecule has 2 rings (SSSR count). The highest BCUT2D eigenvalue weighted by Gasteiger charge is 2.18. The SMILES string of the molecule is CCOC(C)(C)CNCc1cc(Br)c2c(c1)OCCO2. The van der Waals surface area contributed by atoms with E-state index in [1.165, 1.54) is 0 Å². The van der Waals surface area contributed by atoms with E-state index >= 15 is 0 Å². The average molecular weight is 344 g/mol. The minimum Gasteiger partial charge on any atom is -0.486 e. The molecule has 1 heterocycles. The molecule has 112 valence electrons. The largest absolute Gasteiger partial charge is 0.486 e. The quantitative estimate of drug-likeness (QED) is 0.861. The van der Waals surface area contributed by atoms with Gasteiger partial charge in [-0.1, -0.05) is 0 Å². The molecule has 0 saturated heterocycles. The predicted octanol–water partition coefficient (Wildman–Crippen LogP) is 3.13. The van der Waals surface area contributed by atoms with Gasteiger partial charge in [0.05, 0.1) is 10.1 Å². The molecule has 1 aliphatic rings. The fraction of sp³-hybridized carbons (Fsp3) is 0.600. The van der Waals surface area contributed by atoms with Gasteiger partial charge < -0.3 is 19.5 Å². The van der Waals surface area contributed by atoms with Crippen molar-refractivity contribution in [2.45, 2.75) is 32.9 Å². The summed E-state index contributed by atoms with van der Waals surface area (Å²) in [5.74, 6) is 1.61. The van der Waals surface area contributed by atoms with Crippen LogP contribution in [0.15, 0.2) is 16.6 Å². The van der Waals surface area contributed by atoms with Crippen LogP contribution in [0.5, 0.6) is 11.5 Å². The van der Waals surface area contributed by atoms with Gasteiger partial charge in [-0.3, -0.25) is 0 Å². The molecule has 20 heavy (non-hydrogen) atoms. The second-order valence-electron chi connectivity index (χ2n) is 5.40. The fourth-order valence-corrected chi connectivity index (χ4v) is 2.82. The van der Waals surface area contributed by atoms with Gasteiger partial charge >= 0.3 is 0 Å². The Hall–Kier alpha value is -0.780. The molecule has 0 spiro atoms. The smallest absolute Gasteiger partial charge is 0.175 e. The van der Waals surface area contributed by atoms with Crippen molar-refractivity contribution in [3.8, 4) is 11.5 Å². The molecule has 1 N–H and O–H groups in total. The van der Waals surface area contributed by atoms with E-state index in [1.807, 2.05) is 13.0 Å².